The summed E-state index contributed by atoms with van der Waals surface area (Å²) in [6.07, 6.45) is 6.83. The van der Waals surface area contributed by atoms with Crippen LogP contribution in [-0.2, 0) is 0 Å². The van der Waals surface area contributed by atoms with Crippen LogP contribution in [0.3, 0.4) is 0 Å². The molecule has 2 N–H and O–H groups in total. The van der Waals surface area contributed by atoms with Crippen LogP contribution in [0.4, 0.5) is 11.5 Å². The van der Waals surface area contributed by atoms with Crippen LogP contribution in [0.5, 0.6) is 5.88 Å². The molecule has 1 saturated carbocycles. The van der Waals surface area contributed by atoms with Crippen LogP contribution in [0.25, 0.3) is 0 Å². The summed E-state index contributed by atoms with van der Waals surface area (Å²) in [5.74, 6) is 2.30. The first-order valence-corrected chi connectivity index (χ1v) is 7.31. The molecule has 0 bridgehead atoms. The summed E-state index contributed by atoms with van der Waals surface area (Å²) < 4.78 is 5.45. The van der Waals surface area contributed by atoms with Crippen molar-refractivity contribution in [2.45, 2.75) is 39.0 Å². The molecule has 1 aliphatic carbocycles. The van der Waals surface area contributed by atoms with Gasteiger partial charge in [-0.25, -0.2) is 0 Å². The van der Waals surface area contributed by atoms with E-state index in [1.165, 1.54) is 32.1 Å². The molecule has 4 nitrogen and oxygen atoms in total. The van der Waals surface area contributed by atoms with Gasteiger partial charge in [0, 0.05) is 13.6 Å². The Kier molecular flexibility index (Phi) is 4.88. The predicted molar refractivity (Wildman–Crippen MR) is 79.7 cm³/mol. The Bertz CT molecular complexity index is 402. The highest BCUT2D eigenvalue weighted by molar-refractivity contribution is 5.54. The van der Waals surface area contributed by atoms with Gasteiger partial charge in [0.05, 0.1) is 12.3 Å². The first-order valence-electron chi connectivity index (χ1n) is 7.31. The first kappa shape index (κ1) is 14.0. The Morgan fingerprint density at radius 2 is 2.05 bits per heavy atom. The summed E-state index contributed by atoms with van der Waals surface area (Å²) in [5, 5.41) is 0. The maximum Gasteiger partial charge on any atom is 0.239 e. The number of nitrogens with two attached hydrogens (primary N) is 1. The van der Waals surface area contributed by atoms with E-state index >= 15 is 0 Å². The van der Waals surface area contributed by atoms with E-state index in [0.717, 1.165) is 18.3 Å². The molecule has 0 saturated heterocycles. The predicted octanol–water partition coefficient (Wildman–Crippen LogP) is 3.08. The van der Waals surface area contributed by atoms with Gasteiger partial charge in [0.1, 0.15) is 5.82 Å². The molecule has 19 heavy (non-hydrogen) atoms. The molecule has 0 aliphatic heterocycles. The van der Waals surface area contributed by atoms with E-state index in [9.17, 15) is 0 Å². The van der Waals surface area contributed by atoms with Crippen molar-refractivity contribution < 1.29 is 4.74 Å². The Morgan fingerprint density at radius 1 is 1.32 bits per heavy atom. The van der Waals surface area contributed by atoms with Gasteiger partial charge in [-0.1, -0.05) is 19.3 Å². The highest BCUT2D eigenvalue weighted by Crippen LogP contribution is 2.27. The van der Waals surface area contributed by atoms with Crippen LogP contribution in [-0.4, -0.2) is 25.2 Å². The number of anilines is 2. The van der Waals surface area contributed by atoms with E-state index in [4.69, 9.17) is 10.5 Å². The molecule has 0 amide bonds. The number of rotatable bonds is 5. The largest absolute Gasteiger partial charge is 0.476 e. The van der Waals surface area contributed by atoms with Crippen LogP contribution in [0.1, 0.15) is 39.0 Å². The summed E-state index contributed by atoms with van der Waals surface area (Å²) in [5.41, 5.74) is 6.46. The third-order valence-corrected chi connectivity index (χ3v) is 3.80. The Labute approximate surface area is 116 Å². The number of nitrogens with zero attached hydrogens (tertiary/aromatic N) is 2. The molecule has 1 aromatic heterocycles. The van der Waals surface area contributed by atoms with E-state index in [1.807, 2.05) is 19.1 Å². The molecule has 0 radical (unpaired) electrons. The van der Waals surface area contributed by atoms with Crippen molar-refractivity contribution in [2.75, 3.05) is 30.8 Å². The Morgan fingerprint density at radius 3 is 2.74 bits per heavy atom. The van der Waals surface area contributed by atoms with Gasteiger partial charge >= 0.3 is 0 Å². The zero-order valence-electron chi connectivity index (χ0n) is 12.1. The average molecular weight is 263 g/mol. The standard InChI is InChI=1S/C15H25N3O/c1-3-19-15-13(16)9-10-14(17-15)18(2)11-12-7-5-4-6-8-12/h9-10,12H,3-8,11,16H2,1-2H3. The quantitative estimate of drug-likeness (QED) is 0.887. The van der Waals surface area contributed by atoms with Gasteiger partial charge in [-0.3, -0.25) is 0 Å². The van der Waals surface area contributed by atoms with Crippen LogP contribution >= 0.6 is 0 Å². The maximum absolute atomic E-state index is 5.85. The van der Waals surface area contributed by atoms with Crippen LogP contribution < -0.4 is 15.4 Å². The molecule has 0 unspecified atom stereocenters. The number of nitrogen functional groups attached to an aromatic ring is 1. The number of ether oxygens (including phenoxy) is 1. The molecule has 1 fully saturated rings. The van der Waals surface area contributed by atoms with Crippen molar-refractivity contribution in [1.82, 2.24) is 4.98 Å². The molecule has 4 heteroatoms. The fourth-order valence-electron chi connectivity index (χ4n) is 2.76. The van der Waals surface area contributed by atoms with Gasteiger partial charge < -0.3 is 15.4 Å². The van der Waals surface area contributed by atoms with Gasteiger partial charge in [-0.2, -0.15) is 4.98 Å². The topological polar surface area (TPSA) is 51.4 Å². The Balaban J connectivity index is 2.01. The number of hydrogen-bond acceptors (Lipinski definition) is 4. The van der Waals surface area contributed by atoms with E-state index in [2.05, 4.69) is 16.9 Å². The monoisotopic (exact) mass is 263 g/mol. The van der Waals surface area contributed by atoms with E-state index in [1.54, 1.807) is 0 Å². The van der Waals surface area contributed by atoms with Crippen LogP contribution in [0.2, 0.25) is 0 Å². The van der Waals surface area contributed by atoms with Gasteiger partial charge in [0.2, 0.25) is 5.88 Å². The second kappa shape index (κ2) is 6.64. The fourth-order valence-corrected chi connectivity index (χ4v) is 2.76. The summed E-state index contributed by atoms with van der Waals surface area (Å²) in [6, 6.07) is 3.85. The van der Waals surface area contributed by atoms with Crippen LogP contribution in [0, 0.1) is 5.92 Å². The third-order valence-electron chi connectivity index (χ3n) is 3.80. The SMILES string of the molecule is CCOc1nc(N(C)CC2CCCCC2)ccc1N. The molecule has 106 valence electrons. The lowest BCUT2D eigenvalue weighted by atomic mass is 9.89. The number of aromatic nitrogens is 1. The van der Waals surface area contributed by atoms with Crippen molar-refractivity contribution in [1.29, 1.82) is 0 Å². The average Bonchev–Trinajstić information content (AvgIpc) is 2.42. The smallest absolute Gasteiger partial charge is 0.239 e. The third kappa shape index (κ3) is 3.75. The zero-order chi connectivity index (χ0) is 13.7. The minimum Gasteiger partial charge on any atom is -0.476 e. The first-order chi connectivity index (χ1) is 9.20. The summed E-state index contributed by atoms with van der Waals surface area (Å²) in [4.78, 5) is 6.73. The molecular weight excluding hydrogens is 238 g/mol. The van der Waals surface area contributed by atoms with Gasteiger partial charge in [-0.05, 0) is 37.8 Å². The maximum atomic E-state index is 5.85. The van der Waals surface area contributed by atoms with Crippen molar-refractivity contribution in [3.63, 3.8) is 0 Å². The molecule has 0 atom stereocenters. The molecule has 0 spiro atoms. The lowest BCUT2D eigenvalue weighted by molar-refractivity contribution is 0.328. The van der Waals surface area contributed by atoms with Gasteiger partial charge in [0.15, 0.2) is 0 Å². The molecule has 1 aliphatic rings. The van der Waals surface area contributed by atoms with E-state index in [0.29, 0.717) is 18.2 Å². The van der Waals surface area contributed by atoms with Gasteiger partial charge in [0.25, 0.3) is 0 Å². The summed E-state index contributed by atoms with van der Waals surface area (Å²) in [6.45, 7) is 3.61. The highest BCUT2D eigenvalue weighted by Gasteiger charge is 2.16. The second-order valence-electron chi connectivity index (χ2n) is 5.38. The highest BCUT2D eigenvalue weighted by atomic mass is 16.5. The lowest BCUT2D eigenvalue weighted by Gasteiger charge is -2.28. The van der Waals surface area contributed by atoms with Gasteiger partial charge in [-0.15, -0.1) is 0 Å². The number of hydrogen-bond donors (Lipinski definition) is 1. The molecule has 1 aromatic rings. The number of pyridine rings is 1. The fraction of sp³-hybridized carbons (Fsp3) is 0.667. The Hall–Kier alpha value is -1.45. The summed E-state index contributed by atoms with van der Waals surface area (Å²) >= 11 is 0. The minimum atomic E-state index is 0.551. The van der Waals surface area contributed by atoms with Crippen molar-refractivity contribution in [3.05, 3.63) is 12.1 Å². The minimum absolute atomic E-state index is 0.551. The lowest BCUT2D eigenvalue weighted by Crippen LogP contribution is -2.27. The van der Waals surface area contributed by atoms with E-state index in [-0.39, 0.29) is 0 Å². The van der Waals surface area contributed by atoms with Crippen molar-refractivity contribution >= 4 is 11.5 Å². The van der Waals surface area contributed by atoms with E-state index < -0.39 is 0 Å². The van der Waals surface area contributed by atoms with Crippen LogP contribution in [0.15, 0.2) is 12.1 Å². The molecule has 1 heterocycles. The second-order valence-corrected chi connectivity index (χ2v) is 5.38. The molecule has 2 rings (SSSR count). The molecular formula is C15H25N3O. The van der Waals surface area contributed by atoms with Crippen molar-refractivity contribution in [3.8, 4) is 5.88 Å². The molecule has 0 aromatic carbocycles. The normalized spacial score (nSPS) is 16.3. The zero-order valence-corrected chi connectivity index (χ0v) is 12.1. The summed E-state index contributed by atoms with van der Waals surface area (Å²) in [7, 11) is 2.10. The van der Waals surface area contributed by atoms with Crippen molar-refractivity contribution in [2.24, 2.45) is 5.92 Å².